The third-order valence-electron chi connectivity index (χ3n) is 2.06. The van der Waals surface area contributed by atoms with Crippen LogP contribution in [0, 0.1) is 11.3 Å². The van der Waals surface area contributed by atoms with E-state index in [-0.39, 0.29) is 0 Å². The van der Waals surface area contributed by atoms with Crippen molar-refractivity contribution < 1.29 is 0 Å². The number of nitriles is 1. The number of rotatable bonds is 8. The van der Waals surface area contributed by atoms with E-state index in [9.17, 15) is 0 Å². The van der Waals surface area contributed by atoms with Crippen LogP contribution >= 0.6 is 0 Å². The SMILES string of the molecule is C=C(CNCC)CN(CC)CCC#N. The third-order valence-corrected chi connectivity index (χ3v) is 2.06. The van der Waals surface area contributed by atoms with Gasteiger partial charge in [0.15, 0.2) is 0 Å². The molecule has 3 heteroatoms. The molecule has 0 atom stereocenters. The number of likely N-dealkylation sites (N-methyl/N-ethyl adjacent to an activating group) is 2. The van der Waals surface area contributed by atoms with Crippen molar-refractivity contribution in [1.82, 2.24) is 10.2 Å². The first-order chi connectivity index (χ1) is 6.74. The Morgan fingerprint density at radius 3 is 2.71 bits per heavy atom. The van der Waals surface area contributed by atoms with Crippen LogP contribution in [-0.4, -0.2) is 37.6 Å². The fourth-order valence-electron chi connectivity index (χ4n) is 1.23. The van der Waals surface area contributed by atoms with E-state index in [0.29, 0.717) is 6.42 Å². The Hall–Kier alpha value is -0.850. The molecular formula is C11H21N3. The number of hydrogen-bond donors (Lipinski definition) is 1. The minimum absolute atomic E-state index is 0.600. The van der Waals surface area contributed by atoms with Crippen molar-refractivity contribution >= 4 is 0 Å². The zero-order chi connectivity index (χ0) is 10.8. The minimum atomic E-state index is 0.600. The van der Waals surface area contributed by atoms with E-state index in [2.05, 4.69) is 36.7 Å². The smallest absolute Gasteiger partial charge is 0.0635 e. The molecule has 0 saturated carbocycles. The summed E-state index contributed by atoms with van der Waals surface area (Å²) in [5.41, 5.74) is 1.19. The quantitative estimate of drug-likeness (QED) is 0.595. The van der Waals surface area contributed by atoms with Gasteiger partial charge in [-0.2, -0.15) is 5.26 Å². The Labute approximate surface area is 87.4 Å². The summed E-state index contributed by atoms with van der Waals surface area (Å²) in [7, 11) is 0. The topological polar surface area (TPSA) is 39.1 Å². The predicted molar refractivity (Wildman–Crippen MR) is 60.0 cm³/mol. The highest BCUT2D eigenvalue weighted by Gasteiger charge is 2.03. The lowest BCUT2D eigenvalue weighted by atomic mass is 10.2. The summed E-state index contributed by atoms with van der Waals surface area (Å²) < 4.78 is 0. The van der Waals surface area contributed by atoms with Gasteiger partial charge in [-0.15, -0.1) is 0 Å². The molecule has 3 nitrogen and oxygen atoms in total. The van der Waals surface area contributed by atoms with Crippen LogP contribution in [0.2, 0.25) is 0 Å². The van der Waals surface area contributed by atoms with Gasteiger partial charge in [0.2, 0.25) is 0 Å². The molecule has 0 fully saturated rings. The van der Waals surface area contributed by atoms with Crippen LogP contribution < -0.4 is 5.32 Å². The molecule has 0 aliphatic carbocycles. The molecule has 0 unspecified atom stereocenters. The van der Waals surface area contributed by atoms with E-state index < -0.39 is 0 Å². The molecule has 0 aromatic carbocycles. The van der Waals surface area contributed by atoms with Crippen LogP contribution in [-0.2, 0) is 0 Å². The van der Waals surface area contributed by atoms with Crippen molar-refractivity contribution in [3.8, 4) is 6.07 Å². The Morgan fingerprint density at radius 2 is 2.21 bits per heavy atom. The summed E-state index contributed by atoms with van der Waals surface area (Å²) in [5.74, 6) is 0. The molecule has 0 saturated heterocycles. The lowest BCUT2D eigenvalue weighted by Crippen LogP contribution is -2.29. The van der Waals surface area contributed by atoms with E-state index in [1.807, 2.05) is 0 Å². The maximum atomic E-state index is 8.47. The average molecular weight is 195 g/mol. The largest absolute Gasteiger partial charge is 0.313 e. The summed E-state index contributed by atoms with van der Waals surface area (Å²) in [4.78, 5) is 2.24. The summed E-state index contributed by atoms with van der Waals surface area (Å²) in [6.45, 7) is 12.8. The van der Waals surface area contributed by atoms with Crippen LogP contribution in [0.1, 0.15) is 20.3 Å². The number of nitrogens with one attached hydrogen (secondary N) is 1. The second kappa shape index (κ2) is 8.74. The van der Waals surface area contributed by atoms with Gasteiger partial charge in [-0.05, 0) is 18.7 Å². The summed E-state index contributed by atoms with van der Waals surface area (Å²) in [6.07, 6.45) is 0.600. The number of nitrogens with zero attached hydrogens (tertiary/aromatic N) is 2. The monoisotopic (exact) mass is 195 g/mol. The normalized spacial score (nSPS) is 10.1. The maximum absolute atomic E-state index is 8.47. The van der Waals surface area contributed by atoms with Crippen LogP contribution in [0.25, 0.3) is 0 Å². The van der Waals surface area contributed by atoms with E-state index in [1.165, 1.54) is 5.57 Å². The molecule has 0 radical (unpaired) electrons. The Morgan fingerprint density at radius 1 is 1.50 bits per heavy atom. The minimum Gasteiger partial charge on any atom is -0.313 e. The molecule has 0 aliphatic heterocycles. The Bertz CT molecular complexity index is 193. The Kier molecular flexibility index (Phi) is 8.20. The van der Waals surface area contributed by atoms with Crippen molar-refractivity contribution in [3.05, 3.63) is 12.2 Å². The standard InChI is InChI=1S/C11H21N3/c1-4-13-9-11(3)10-14(5-2)8-6-7-12/h13H,3-6,8-10H2,1-2H3. The molecule has 0 aromatic rings. The van der Waals surface area contributed by atoms with Gasteiger partial charge in [0.1, 0.15) is 0 Å². The molecule has 0 aliphatic rings. The lowest BCUT2D eigenvalue weighted by Gasteiger charge is -2.20. The summed E-state index contributed by atoms with van der Waals surface area (Å²) in [6, 6.07) is 2.16. The Balaban J connectivity index is 3.69. The highest BCUT2D eigenvalue weighted by molar-refractivity contribution is 4.99. The van der Waals surface area contributed by atoms with Crippen molar-refractivity contribution in [2.24, 2.45) is 0 Å². The third kappa shape index (κ3) is 6.64. The molecule has 0 spiro atoms. The first kappa shape index (κ1) is 13.2. The van der Waals surface area contributed by atoms with Gasteiger partial charge in [-0.3, -0.25) is 4.90 Å². The van der Waals surface area contributed by atoms with Crippen molar-refractivity contribution in [2.75, 3.05) is 32.7 Å². The van der Waals surface area contributed by atoms with Crippen LogP contribution in [0.5, 0.6) is 0 Å². The van der Waals surface area contributed by atoms with Gasteiger partial charge in [-0.25, -0.2) is 0 Å². The fraction of sp³-hybridized carbons (Fsp3) is 0.727. The maximum Gasteiger partial charge on any atom is 0.0635 e. The van der Waals surface area contributed by atoms with Crippen molar-refractivity contribution in [2.45, 2.75) is 20.3 Å². The first-order valence-corrected chi connectivity index (χ1v) is 5.21. The molecule has 0 heterocycles. The predicted octanol–water partition coefficient (Wildman–Crippen LogP) is 1.39. The molecule has 0 bridgehead atoms. The van der Waals surface area contributed by atoms with Gasteiger partial charge >= 0.3 is 0 Å². The second-order valence-corrected chi connectivity index (χ2v) is 3.31. The van der Waals surface area contributed by atoms with Gasteiger partial charge in [0, 0.05) is 26.1 Å². The molecule has 0 aromatic heterocycles. The fourth-order valence-corrected chi connectivity index (χ4v) is 1.23. The highest BCUT2D eigenvalue weighted by atomic mass is 15.1. The molecular weight excluding hydrogens is 174 g/mol. The molecule has 1 N–H and O–H groups in total. The van der Waals surface area contributed by atoms with E-state index >= 15 is 0 Å². The summed E-state index contributed by atoms with van der Waals surface area (Å²) >= 11 is 0. The van der Waals surface area contributed by atoms with Crippen LogP contribution in [0.4, 0.5) is 0 Å². The highest BCUT2D eigenvalue weighted by Crippen LogP contribution is 1.97. The van der Waals surface area contributed by atoms with Crippen molar-refractivity contribution in [3.63, 3.8) is 0 Å². The van der Waals surface area contributed by atoms with Gasteiger partial charge < -0.3 is 5.32 Å². The van der Waals surface area contributed by atoms with Crippen LogP contribution in [0.15, 0.2) is 12.2 Å². The zero-order valence-electron chi connectivity index (χ0n) is 9.34. The lowest BCUT2D eigenvalue weighted by molar-refractivity contribution is 0.317. The van der Waals surface area contributed by atoms with Gasteiger partial charge in [0.05, 0.1) is 6.07 Å². The molecule has 80 valence electrons. The zero-order valence-corrected chi connectivity index (χ0v) is 9.34. The average Bonchev–Trinajstić information content (AvgIpc) is 2.21. The van der Waals surface area contributed by atoms with Crippen molar-refractivity contribution in [1.29, 1.82) is 5.26 Å². The van der Waals surface area contributed by atoms with Crippen LogP contribution in [0.3, 0.4) is 0 Å². The molecule has 0 rings (SSSR count). The van der Waals surface area contributed by atoms with E-state index in [0.717, 1.165) is 32.7 Å². The van der Waals surface area contributed by atoms with Gasteiger partial charge in [-0.1, -0.05) is 20.4 Å². The van der Waals surface area contributed by atoms with Gasteiger partial charge in [0.25, 0.3) is 0 Å². The van der Waals surface area contributed by atoms with E-state index in [1.54, 1.807) is 0 Å². The molecule has 0 amide bonds. The second-order valence-electron chi connectivity index (χ2n) is 3.31. The number of hydrogen-bond acceptors (Lipinski definition) is 3. The molecule has 14 heavy (non-hydrogen) atoms. The first-order valence-electron chi connectivity index (χ1n) is 5.21. The summed E-state index contributed by atoms with van der Waals surface area (Å²) in [5, 5.41) is 11.7. The van der Waals surface area contributed by atoms with E-state index in [4.69, 9.17) is 5.26 Å².